The maximum Gasteiger partial charge on any atom is 0.227 e. The molecule has 0 bridgehead atoms. The van der Waals surface area contributed by atoms with Gasteiger partial charge in [-0.05, 0) is 56.4 Å². The van der Waals surface area contributed by atoms with Crippen LogP contribution >= 0.6 is 0 Å². The van der Waals surface area contributed by atoms with Gasteiger partial charge < -0.3 is 9.64 Å². The highest BCUT2D eigenvalue weighted by molar-refractivity contribution is 5.80. The molecule has 5 nitrogen and oxygen atoms in total. The van der Waals surface area contributed by atoms with Crippen LogP contribution in [0.2, 0.25) is 0 Å². The van der Waals surface area contributed by atoms with Crippen molar-refractivity contribution in [2.75, 3.05) is 0 Å². The third-order valence-corrected chi connectivity index (χ3v) is 6.37. The number of ether oxygens (including phenoxy) is 1. The van der Waals surface area contributed by atoms with Crippen LogP contribution in [0.1, 0.15) is 50.3 Å². The van der Waals surface area contributed by atoms with Crippen molar-refractivity contribution in [1.29, 1.82) is 0 Å². The van der Waals surface area contributed by atoms with Crippen LogP contribution in [0.5, 0.6) is 11.6 Å². The van der Waals surface area contributed by atoms with Crippen molar-refractivity contribution in [2.45, 2.75) is 58.0 Å². The summed E-state index contributed by atoms with van der Waals surface area (Å²) in [4.78, 5) is 15.3. The summed E-state index contributed by atoms with van der Waals surface area (Å²) < 4.78 is 8.31. The lowest BCUT2D eigenvalue weighted by atomic mass is 9.84. The predicted octanol–water partition coefficient (Wildman–Crippen LogP) is 5.52. The minimum Gasteiger partial charge on any atom is -0.439 e. The number of aromatic nitrogens is 2. The van der Waals surface area contributed by atoms with Crippen LogP contribution in [0.3, 0.4) is 0 Å². The summed E-state index contributed by atoms with van der Waals surface area (Å²) in [6.07, 6.45) is 6.21. The number of para-hydroxylation sites is 2. The largest absolute Gasteiger partial charge is 0.439 e. The highest BCUT2D eigenvalue weighted by Crippen LogP contribution is 2.38. The lowest BCUT2D eigenvalue weighted by molar-refractivity contribution is -0.139. The van der Waals surface area contributed by atoms with Gasteiger partial charge in [0.25, 0.3) is 0 Å². The maximum atomic E-state index is 13.2. The fourth-order valence-electron chi connectivity index (χ4n) is 4.20. The van der Waals surface area contributed by atoms with Crippen LogP contribution in [0.25, 0.3) is 5.69 Å². The zero-order valence-corrected chi connectivity index (χ0v) is 18.0. The van der Waals surface area contributed by atoms with Crippen molar-refractivity contribution < 1.29 is 9.53 Å². The Morgan fingerprint density at radius 3 is 2.29 bits per heavy atom. The molecular weight excluding hydrogens is 386 g/mol. The fourth-order valence-corrected chi connectivity index (χ4v) is 4.20. The Bertz CT molecular complexity index is 1040. The number of hydrogen-bond donors (Lipinski definition) is 0. The number of hydrogen-bond acceptors (Lipinski definition) is 3. The summed E-state index contributed by atoms with van der Waals surface area (Å²) >= 11 is 0. The van der Waals surface area contributed by atoms with E-state index in [1.54, 1.807) is 0 Å². The Balaban J connectivity index is 1.56. The molecule has 5 heteroatoms. The first kappa shape index (κ1) is 19.9. The normalized spacial score (nSPS) is 16.0. The highest BCUT2D eigenvalue weighted by atomic mass is 16.5. The van der Waals surface area contributed by atoms with Crippen LogP contribution in [-0.4, -0.2) is 26.6 Å². The summed E-state index contributed by atoms with van der Waals surface area (Å²) in [6, 6.07) is 20.3. The lowest BCUT2D eigenvalue weighted by Crippen LogP contribution is -2.40. The Morgan fingerprint density at radius 2 is 1.71 bits per heavy atom. The molecule has 0 spiro atoms. The van der Waals surface area contributed by atoms with Gasteiger partial charge in [-0.3, -0.25) is 4.79 Å². The number of carbonyl (C=O) groups excluding carboxylic acids is 1. The second-order valence-corrected chi connectivity index (χ2v) is 8.57. The van der Waals surface area contributed by atoms with E-state index in [0.29, 0.717) is 24.4 Å². The third-order valence-electron chi connectivity index (χ3n) is 6.37. The summed E-state index contributed by atoms with van der Waals surface area (Å²) in [5.41, 5.74) is 2.97. The smallest absolute Gasteiger partial charge is 0.227 e. The molecule has 2 saturated carbocycles. The first-order chi connectivity index (χ1) is 15.2. The molecule has 3 aromatic rings. The quantitative estimate of drug-likeness (QED) is 0.487. The molecule has 5 rings (SSSR count). The third kappa shape index (κ3) is 4.09. The summed E-state index contributed by atoms with van der Waals surface area (Å²) in [7, 11) is 0. The van der Waals surface area contributed by atoms with Gasteiger partial charge in [0.2, 0.25) is 11.8 Å². The van der Waals surface area contributed by atoms with Crippen molar-refractivity contribution in [3.63, 3.8) is 0 Å². The van der Waals surface area contributed by atoms with Gasteiger partial charge in [0.05, 0.1) is 23.5 Å². The maximum absolute atomic E-state index is 13.2. The molecule has 1 heterocycles. The van der Waals surface area contributed by atoms with E-state index in [-0.39, 0.29) is 5.92 Å². The van der Waals surface area contributed by atoms with Gasteiger partial charge in [-0.25, -0.2) is 4.68 Å². The molecule has 2 fully saturated rings. The molecule has 0 atom stereocenters. The molecule has 160 valence electrons. The van der Waals surface area contributed by atoms with Gasteiger partial charge in [0.1, 0.15) is 5.75 Å². The Morgan fingerprint density at radius 1 is 1.03 bits per heavy atom. The molecule has 2 aromatic carbocycles. The molecule has 0 radical (unpaired) electrons. The average Bonchev–Trinajstić information content (AvgIpc) is 3.55. The van der Waals surface area contributed by atoms with Crippen molar-refractivity contribution in [3.8, 4) is 17.3 Å². The zero-order valence-electron chi connectivity index (χ0n) is 18.0. The van der Waals surface area contributed by atoms with E-state index < -0.39 is 0 Å². The number of carbonyl (C=O) groups is 1. The fraction of sp³-hybridized carbons (Fsp3) is 0.385. The second-order valence-electron chi connectivity index (χ2n) is 8.57. The van der Waals surface area contributed by atoms with E-state index in [9.17, 15) is 4.79 Å². The van der Waals surface area contributed by atoms with Crippen molar-refractivity contribution in [2.24, 2.45) is 5.92 Å². The summed E-state index contributed by atoms with van der Waals surface area (Å²) in [5, 5.41) is 4.92. The van der Waals surface area contributed by atoms with Crippen molar-refractivity contribution in [3.05, 3.63) is 71.9 Å². The zero-order chi connectivity index (χ0) is 21.2. The van der Waals surface area contributed by atoms with Crippen molar-refractivity contribution >= 4 is 5.91 Å². The van der Waals surface area contributed by atoms with Crippen molar-refractivity contribution in [1.82, 2.24) is 14.7 Å². The predicted molar refractivity (Wildman–Crippen MR) is 120 cm³/mol. The Hall–Kier alpha value is -3.08. The van der Waals surface area contributed by atoms with Crippen LogP contribution in [-0.2, 0) is 17.8 Å². The number of benzene rings is 2. The Kier molecular flexibility index (Phi) is 5.49. The Labute approximate surface area is 183 Å². The molecule has 31 heavy (non-hydrogen) atoms. The van der Waals surface area contributed by atoms with E-state index >= 15 is 0 Å². The van der Waals surface area contributed by atoms with Gasteiger partial charge in [-0.2, -0.15) is 5.10 Å². The molecule has 0 N–H and O–H groups in total. The molecule has 0 unspecified atom stereocenters. The topological polar surface area (TPSA) is 47.4 Å². The molecule has 1 aromatic heterocycles. The van der Waals surface area contributed by atoms with E-state index in [4.69, 9.17) is 9.84 Å². The van der Waals surface area contributed by atoms with Gasteiger partial charge >= 0.3 is 0 Å². The standard InChI is InChI=1S/C26H29N3O2/c1-2-24-23(18-28(20-16-17-20)25(30)19-10-9-11-19)26(31-22-14-7-4-8-15-22)29(27-24)21-12-5-3-6-13-21/h3-8,12-15,19-20H,2,9-11,16-18H2,1H3. The van der Waals surface area contributed by atoms with Gasteiger partial charge in [-0.1, -0.05) is 49.7 Å². The van der Waals surface area contributed by atoms with Gasteiger partial charge in [0.15, 0.2) is 0 Å². The summed E-state index contributed by atoms with van der Waals surface area (Å²) in [5.74, 6) is 2.00. The molecule has 0 aliphatic heterocycles. The molecular formula is C26H29N3O2. The monoisotopic (exact) mass is 415 g/mol. The first-order valence-electron chi connectivity index (χ1n) is 11.4. The second kappa shape index (κ2) is 8.58. The molecule has 2 aliphatic rings. The number of amides is 1. The summed E-state index contributed by atoms with van der Waals surface area (Å²) in [6.45, 7) is 2.68. The molecule has 2 aliphatic carbocycles. The number of nitrogens with zero attached hydrogens (tertiary/aromatic N) is 3. The van der Waals surface area contributed by atoms with E-state index in [2.05, 4.69) is 11.8 Å². The molecule has 0 saturated heterocycles. The number of rotatable bonds is 8. The minimum atomic E-state index is 0.202. The van der Waals surface area contributed by atoms with Gasteiger partial charge in [0, 0.05) is 12.0 Å². The van der Waals surface area contributed by atoms with Crippen LogP contribution in [0.15, 0.2) is 60.7 Å². The highest BCUT2D eigenvalue weighted by Gasteiger charge is 2.39. The van der Waals surface area contributed by atoms with Crippen LogP contribution in [0.4, 0.5) is 0 Å². The van der Waals surface area contributed by atoms with Crippen LogP contribution < -0.4 is 4.74 Å². The first-order valence-corrected chi connectivity index (χ1v) is 11.4. The average molecular weight is 416 g/mol. The van der Waals surface area contributed by atoms with E-state index in [1.165, 1.54) is 6.42 Å². The molecule has 1 amide bonds. The van der Waals surface area contributed by atoms with Crippen LogP contribution in [0, 0.1) is 5.92 Å². The van der Waals surface area contributed by atoms with E-state index in [0.717, 1.165) is 54.8 Å². The SMILES string of the molecule is CCc1nn(-c2ccccc2)c(Oc2ccccc2)c1CN(C(=O)C1CCC1)C1CC1. The lowest BCUT2D eigenvalue weighted by Gasteiger charge is -2.32. The van der Waals surface area contributed by atoms with E-state index in [1.807, 2.05) is 65.3 Å². The minimum absolute atomic E-state index is 0.202. The number of aryl methyl sites for hydroxylation is 1. The van der Waals surface area contributed by atoms with Gasteiger partial charge in [-0.15, -0.1) is 0 Å².